The predicted octanol–water partition coefficient (Wildman–Crippen LogP) is 2.96. The third-order valence-corrected chi connectivity index (χ3v) is 4.51. The van der Waals surface area contributed by atoms with Gasteiger partial charge in [-0.2, -0.15) is 18.4 Å². The van der Waals surface area contributed by atoms with Crippen molar-refractivity contribution in [2.45, 2.75) is 11.7 Å². The highest BCUT2D eigenvalue weighted by Crippen LogP contribution is 2.43. The fraction of sp³-hybridized carbons (Fsp3) is 0.211. The highest BCUT2D eigenvalue weighted by atomic mass is 19.4. The van der Waals surface area contributed by atoms with E-state index in [1.807, 2.05) is 11.4 Å². The number of benzene rings is 2. The fourth-order valence-corrected chi connectivity index (χ4v) is 3.05. The fourth-order valence-electron chi connectivity index (χ4n) is 3.05. The summed E-state index contributed by atoms with van der Waals surface area (Å²) in [6, 6.07) is 13.6. The number of alkyl halides is 3. The Morgan fingerprint density at radius 2 is 1.82 bits per heavy atom. The van der Waals surface area contributed by atoms with Gasteiger partial charge in [-0.25, -0.2) is 9.69 Å². The van der Waals surface area contributed by atoms with Crippen LogP contribution in [0.1, 0.15) is 11.1 Å². The summed E-state index contributed by atoms with van der Waals surface area (Å²) in [5, 5.41) is 10.8. The monoisotopic (exact) mass is 388 g/mol. The van der Waals surface area contributed by atoms with Crippen molar-refractivity contribution >= 4 is 17.6 Å². The van der Waals surface area contributed by atoms with Crippen LogP contribution in [0.25, 0.3) is 0 Å². The van der Waals surface area contributed by atoms with E-state index in [0.29, 0.717) is 16.2 Å². The van der Waals surface area contributed by atoms with Crippen LogP contribution in [-0.4, -0.2) is 36.7 Å². The van der Waals surface area contributed by atoms with Gasteiger partial charge in [-0.1, -0.05) is 36.4 Å². The van der Waals surface area contributed by atoms with Gasteiger partial charge >= 0.3 is 12.2 Å². The van der Waals surface area contributed by atoms with Crippen molar-refractivity contribution in [3.63, 3.8) is 0 Å². The number of nitrogens with zero attached hydrogens (tertiary/aromatic N) is 3. The van der Waals surface area contributed by atoms with E-state index in [9.17, 15) is 22.8 Å². The number of halogens is 3. The van der Waals surface area contributed by atoms with E-state index in [1.54, 1.807) is 18.2 Å². The number of imide groups is 1. The maximum atomic E-state index is 13.9. The highest BCUT2D eigenvalue weighted by Gasteiger charge is 2.68. The predicted molar refractivity (Wildman–Crippen MR) is 94.0 cm³/mol. The van der Waals surface area contributed by atoms with Gasteiger partial charge in [0, 0.05) is 12.7 Å². The molecule has 0 aromatic heterocycles. The minimum Gasteiger partial charge on any atom is -0.356 e. The van der Waals surface area contributed by atoms with Crippen LogP contribution in [0.2, 0.25) is 0 Å². The lowest BCUT2D eigenvalue weighted by Crippen LogP contribution is -2.56. The number of carbonyl (C=O) groups is 2. The summed E-state index contributed by atoms with van der Waals surface area (Å²) in [6.07, 6.45) is -5.03. The van der Waals surface area contributed by atoms with Crippen molar-refractivity contribution in [1.82, 2.24) is 10.2 Å². The summed E-state index contributed by atoms with van der Waals surface area (Å²) in [7, 11) is 1.51. The van der Waals surface area contributed by atoms with Crippen LogP contribution in [0.15, 0.2) is 54.6 Å². The van der Waals surface area contributed by atoms with E-state index in [2.05, 4.69) is 0 Å². The molecule has 1 N–H and O–H groups in total. The second-order valence-corrected chi connectivity index (χ2v) is 6.28. The number of hydrogen-bond acceptors (Lipinski definition) is 4. The molecule has 1 fully saturated rings. The van der Waals surface area contributed by atoms with E-state index < -0.39 is 30.3 Å². The van der Waals surface area contributed by atoms with Gasteiger partial charge in [0.25, 0.3) is 5.91 Å². The Balaban J connectivity index is 1.95. The first-order valence-electron chi connectivity index (χ1n) is 8.18. The van der Waals surface area contributed by atoms with Crippen LogP contribution < -0.4 is 10.2 Å². The second kappa shape index (κ2) is 6.88. The van der Waals surface area contributed by atoms with Crippen LogP contribution in [0, 0.1) is 11.3 Å². The molecule has 1 saturated heterocycles. The van der Waals surface area contributed by atoms with Crippen molar-refractivity contribution in [2.75, 3.05) is 18.6 Å². The van der Waals surface area contributed by atoms with Crippen LogP contribution >= 0.6 is 0 Å². The Bertz CT molecular complexity index is 956. The van der Waals surface area contributed by atoms with Gasteiger partial charge < -0.3 is 10.2 Å². The van der Waals surface area contributed by atoms with E-state index in [0.717, 1.165) is 12.1 Å². The third kappa shape index (κ3) is 3.03. The van der Waals surface area contributed by atoms with Crippen LogP contribution in [-0.2, 0) is 10.3 Å². The first-order valence-corrected chi connectivity index (χ1v) is 8.18. The van der Waals surface area contributed by atoms with Crippen LogP contribution in [0.3, 0.4) is 0 Å². The number of nitriles is 1. The first-order chi connectivity index (χ1) is 13.2. The highest BCUT2D eigenvalue weighted by molar-refractivity contribution is 6.08. The summed E-state index contributed by atoms with van der Waals surface area (Å²) in [6.45, 7) is -0.412. The summed E-state index contributed by atoms with van der Waals surface area (Å²) < 4.78 is 41.8. The molecule has 28 heavy (non-hydrogen) atoms. The molecule has 2 aromatic rings. The Hall–Kier alpha value is -3.54. The lowest BCUT2D eigenvalue weighted by molar-refractivity contribution is -0.198. The lowest BCUT2D eigenvalue weighted by Gasteiger charge is -2.30. The Morgan fingerprint density at radius 3 is 2.43 bits per heavy atom. The standard InChI is InChI=1S/C19H15F3N4O2/c1-25(15-9-5-6-13(10-15)11-23)12-26-16(27)18(19(20,21)22,24-17(26)28)14-7-3-2-4-8-14/h2-10H,12H2,1H3,(H,24,28)/t18-/m1/s1. The molecule has 1 atom stereocenters. The lowest BCUT2D eigenvalue weighted by atomic mass is 9.89. The topological polar surface area (TPSA) is 76.4 Å². The zero-order valence-electron chi connectivity index (χ0n) is 14.7. The van der Waals surface area contributed by atoms with Crippen molar-refractivity contribution in [3.8, 4) is 6.07 Å². The molecule has 0 aliphatic carbocycles. The average molecular weight is 388 g/mol. The SMILES string of the molecule is CN(CN1C(=O)N[C@@](c2ccccc2)(C(F)(F)F)C1=O)c1cccc(C#N)c1. The van der Waals surface area contributed by atoms with Crippen LogP contribution in [0.5, 0.6) is 0 Å². The molecule has 0 radical (unpaired) electrons. The number of amides is 3. The number of anilines is 1. The first kappa shape index (κ1) is 19.2. The maximum Gasteiger partial charge on any atom is 0.425 e. The summed E-state index contributed by atoms with van der Waals surface area (Å²) in [4.78, 5) is 27.1. The normalized spacial score (nSPS) is 19.3. The molecule has 1 heterocycles. The van der Waals surface area contributed by atoms with Gasteiger partial charge in [0.1, 0.15) is 6.67 Å². The smallest absolute Gasteiger partial charge is 0.356 e. The third-order valence-electron chi connectivity index (χ3n) is 4.51. The van der Waals surface area contributed by atoms with Crippen molar-refractivity contribution in [2.24, 2.45) is 0 Å². The zero-order valence-corrected chi connectivity index (χ0v) is 14.7. The Labute approximate surface area is 158 Å². The van der Waals surface area contributed by atoms with Gasteiger partial charge in [0.2, 0.25) is 5.54 Å². The summed E-state index contributed by atoms with van der Waals surface area (Å²) in [5.41, 5.74) is -2.68. The number of carbonyl (C=O) groups excluding carboxylic acids is 2. The molecule has 3 rings (SSSR count). The largest absolute Gasteiger partial charge is 0.425 e. The number of urea groups is 1. The Morgan fingerprint density at radius 1 is 1.14 bits per heavy atom. The average Bonchev–Trinajstić information content (AvgIpc) is 2.94. The molecule has 9 heteroatoms. The van der Waals surface area contributed by atoms with Crippen molar-refractivity contribution in [1.29, 1.82) is 5.26 Å². The molecule has 0 bridgehead atoms. The molecule has 0 saturated carbocycles. The number of nitrogens with one attached hydrogen (secondary N) is 1. The summed E-state index contributed by atoms with van der Waals surface area (Å²) >= 11 is 0. The van der Waals surface area contributed by atoms with Gasteiger partial charge in [-0.15, -0.1) is 0 Å². The Kier molecular flexibility index (Phi) is 4.73. The molecule has 1 aliphatic rings. The second-order valence-electron chi connectivity index (χ2n) is 6.28. The van der Waals surface area contributed by atoms with Crippen molar-refractivity contribution < 1.29 is 22.8 Å². The molecule has 1 aliphatic heterocycles. The number of rotatable bonds is 4. The van der Waals surface area contributed by atoms with Gasteiger partial charge in [0.05, 0.1) is 11.6 Å². The molecule has 0 spiro atoms. The molecule has 2 aromatic carbocycles. The van der Waals surface area contributed by atoms with E-state index in [-0.39, 0.29) is 5.56 Å². The molecule has 6 nitrogen and oxygen atoms in total. The van der Waals surface area contributed by atoms with Crippen molar-refractivity contribution in [3.05, 3.63) is 65.7 Å². The molecular weight excluding hydrogens is 373 g/mol. The molecule has 0 unspecified atom stereocenters. The van der Waals surface area contributed by atoms with E-state index in [4.69, 9.17) is 5.26 Å². The molecule has 3 amide bonds. The zero-order chi connectivity index (χ0) is 20.5. The van der Waals surface area contributed by atoms with Gasteiger partial charge in [-0.05, 0) is 23.8 Å². The van der Waals surface area contributed by atoms with Gasteiger partial charge in [0.15, 0.2) is 0 Å². The maximum absolute atomic E-state index is 13.9. The van der Waals surface area contributed by atoms with E-state index in [1.165, 1.54) is 36.2 Å². The molecule has 144 valence electrons. The molecular formula is C19H15F3N4O2. The summed E-state index contributed by atoms with van der Waals surface area (Å²) in [5.74, 6) is -1.40. The minimum atomic E-state index is -5.03. The van der Waals surface area contributed by atoms with Crippen LogP contribution in [0.4, 0.5) is 23.7 Å². The van der Waals surface area contributed by atoms with Gasteiger partial charge in [-0.3, -0.25) is 4.79 Å². The minimum absolute atomic E-state index is 0.343. The van der Waals surface area contributed by atoms with E-state index >= 15 is 0 Å². The quantitative estimate of drug-likeness (QED) is 0.817. The number of hydrogen-bond donors (Lipinski definition) is 1.